The maximum absolute atomic E-state index is 13.1. The first kappa shape index (κ1) is 95.1. The Morgan fingerprint density at radius 3 is 0.732 bits per heavy atom. The molecule has 0 aromatic rings. The fraction of sp³-hybridized carbons (Fsp3) is 0.949. The molecule has 0 aliphatic carbocycles. The Hall–Kier alpha value is -1.94. The van der Waals surface area contributed by atoms with E-state index in [4.69, 9.17) is 37.0 Å². The first-order valence-electron chi connectivity index (χ1n) is 40.2. The van der Waals surface area contributed by atoms with Crippen molar-refractivity contribution in [2.45, 2.75) is 414 Å². The largest absolute Gasteiger partial charge is 0.472 e. The van der Waals surface area contributed by atoms with Crippen LogP contribution >= 0.6 is 15.6 Å². The molecule has 0 amide bonds. The Labute approximate surface area is 594 Å². The molecule has 0 bridgehead atoms. The summed E-state index contributed by atoms with van der Waals surface area (Å²) in [5, 5.41) is 10.6. The lowest BCUT2D eigenvalue weighted by molar-refractivity contribution is -0.161. The van der Waals surface area contributed by atoms with E-state index in [1.54, 1.807) is 0 Å². The van der Waals surface area contributed by atoms with E-state index >= 15 is 0 Å². The molecule has 0 saturated carbocycles. The van der Waals surface area contributed by atoms with Crippen LogP contribution in [-0.2, 0) is 65.4 Å². The normalized spacial score (nSPS) is 14.4. The van der Waals surface area contributed by atoms with Crippen molar-refractivity contribution in [2.75, 3.05) is 39.6 Å². The van der Waals surface area contributed by atoms with Crippen molar-refractivity contribution in [1.29, 1.82) is 0 Å². The molecule has 0 aromatic heterocycles. The number of aliphatic hydroxyl groups excluding tert-OH is 1. The zero-order valence-electron chi connectivity index (χ0n) is 63.7. The third kappa shape index (κ3) is 70.9. The Balaban J connectivity index is 5.18. The highest BCUT2D eigenvalue weighted by Crippen LogP contribution is 2.45. The van der Waals surface area contributed by atoms with Gasteiger partial charge in [-0.1, -0.05) is 344 Å². The van der Waals surface area contributed by atoms with Gasteiger partial charge in [-0.05, 0) is 49.4 Å². The van der Waals surface area contributed by atoms with E-state index in [-0.39, 0.29) is 25.7 Å². The monoisotopic (exact) mass is 1420 g/mol. The van der Waals surface area contributed by atoms with Crippen molar-refractivity contribution in [3.05, 3.63) is 0 Å². The molecule has 576 valence electrons. The van der Waals surface area contributed by atoms with Gasteiger partial charge in [0.1, 0.15) is 19.3 Å². The first-order valence-corrected chi connectivity index (χ1v) is 43.2. The van der Waals surface area contributed by atoms with Gasteiger partial charge in [0.05, 0.1) is 26.4 Å². The van der Waals surface area contributed by atoms with Gasteiger partial charge in [0, 0.05) is 25.7 Å². The Morgan fingerprint density at radius 1 is 0.289 bits per heavy atom. The minimum absolute atomic E-state index is 0.105. The van der Waals surface area contributed by atoms with E-state index < -0.39 is 97.5 Å². The standard InChI is InChI=1S/C78H152O17P2/c1-9-71(8)57-49-41-33-24-20-16-14-12-10-11-13-15-17-21-25-35-44-52-60-77(82)94-73(64-88-75(80)58-50-42-34-28-27-31-39-47-55-69(4)5)66-92-96(84,85)90-62-72(79)63-91-97(86,87)93-67-74(65-89-76(81)59-51-43-37-29-32-40-48-56-70(6)7)95-78(83)61-53-45-36-26-22-18-19-23-30-38-46-54-68(2)3/h68-74,79H,9-67H2,1-8H3,(H,84,85)(H,86,87)/t71?,72?,73-,74-/m1/s1. The van der Waals surface area contributed by atoms with Crippen LogP contribution in [0.1, 0.15) is 396 Å². The van der Waals surface area contributed by atoms with Crippen molar-refractivity contribution in [3.8, 4) is 0 Å². The average Bonchev–Trinajstić information content (AvgIpc) is 1.50. The van der Waals surface area contributed by atoms with Gasteiger partial charge in [-0.2, -0.15) is 0 Å². The predicted octanol–water partition coefficient (Wildman–Crippen LogP) is 22.8. The van der Waals surface area contributed by atoms with Crippen LogP contribution in [-0.4, -0.2) is 96.7 Å². The third-order valence-corrected chi connectivity index (χ3v) is 20.3. The number of carbonyl (C=O) groups is 4. The predicted molar refractivity (Wildman–Crippen MR) is 395 cm³/mol. The molecule has 0 rings (SSSR count). The quantitative estimate of drug-likeness (QED) is 0.0222. The second-order valence-corrected chi connectivity index (χ2v) is 32.7. The molecule has 97 heavy (non-hydrogen) atoms. The Kier molecular flexibility index (Phi) is 65.9. The molecule has 0 saturated heterocycles. The molecule has 0 aromatic carbocycles. The van der Waals surface area contributed by atoms with Gasteiger partial charge in [0.2, 0.25) is 0 Å². The lowest BCUT2D eigenvalue weighted by atomic mass is 9.99. The number of esters is 4. The molecule has 0 aliphatic rings. The summed E-state index contributed by atoms with van der Waals surface area (Å²) in [7, 11) is -9.91. The SMILES string of the molecule is CCC(C)CCCCCCCCCCCCCCCCCCCCC(=O)O[C@H](COC(=O)CCCCCCCCCCC(C)C)COP(=O)(O)OCC(O)COP(=O)(O)OC[C@@H](COC(=O)CCCCCCCCCC(C)C)OC(=O)CCCCCCCCCCCCCC(C)C. The maximum atomic E-state index is 13.1. The number of phosphoric ester groups is 2. The summed E-state index contributed by atoms with van der Waals surface area (Å²) in [5.41, 5.74) is 0. The van der Waals surface area contributed by atoms with E-state index in [2.05, 4.69) is 55.4 Å². The van der Waals surface area contributed by atoms with Crippen LogP contribution in [0.15, 0.2) is 0 Å². The lowest BCUT2D eigenvalue weighted by Crippen LogP contribution is -2.30. The summed E-state index contributed by atoms with van der Waals surface area (Å²) in [6.07, 6.45) is 52.9. The molecule has 0 heterocycles. The number of carbonyl (C=O) groups excluding carboxylic acids is 4. The summed E-state index contributed by atoms with van der Waals surface area (Å²) >= 11 is 0. The molecule has 3 N–H and O–H groups in total. The average molecular weight is 1420 g/mol. The lowest BCUT2D eigenvalue weighted by Gasteiger charge is -2.21. The number of aliphatic hydroxyl groups is 1. The molecule has 0 spiro atoms. The van der Waals surface area contributed by atoms with Crippen molar-refractivity contribution >= 4 is 39.5 Å². The topological polar surface area (TPSA) is 237 Å². The zero-order chi connectivity index (χ0) is 71.7. The fourth-order valence-corrected chi connectivity index (χ4v) is 13.5. The molecule has 0 fully saturated rings. The van der Waals surface area contributed by atoms with Crippen LogP contribution in [0.2, 0.25) is 0 Å². The Bertz CT molecular complexity index is 1900. The maximum Gasteiger partial charge on any atom is 0.472 e. The van der Waals surface area contributed by atoms with Crippen molar-refractivity contribution < 1.29 is 80.2 Å². The molecule has 6 atom stereocenters. The van der Waals surface area contributed by atoms with Gasteiger partial charge in [-0.25, -0.2) is 9.13 Å². The number of hydrogen-bond acceptors (Lipinski definition) is 15. The molecular formula is C78H152O17P2. The van der Waals surface area contributed by atoms with Crippen LogP contribution in [0.5, 0.6) is 0 Å². The van der Waals surface area contributed by atoms with Crippen LogP contribution in [0.25, 0.3) is 0 Å². The second kappa shape index (κ2) is 67.2. The zero-order valence-corrected chi connectivity index (χ0v) is 65.5. The number of hydrogen-bond donors (Lipinski definition) is 3. The van der Waals surface area contributed by atoms with Crippen molar-refractivity contribution in [2.24, 2.45) is 23.7 Å². The summed E-state index contributed by atoms with van der Waals surface area (Å²) in [4.78, 5) is 72.8. The highest BCUT2D eigenvalue weighted by Gasteiger charge is 2.30. The highest BCUT2D eigenvalue weighted by atomic mass is 31.2. The van der Waals surface area contributed by atoms with Crippen molar-refractivity contribution in [1.82, 2.24) is 0 Å². The van der Waals surface area contributed by atoms with Gasteiger partial charge in [0.15, 0.2) is 12.2 Å². The number of ether oxygens (including phenoxy) is 4. The minimum atomic E-state index is -4.96. The first-order chi connectivity index (χ1) is 46.6. The van der Waals surface area contributed by atoms with E-state index in [0.29, 0.717) is 31.6 Å². The van der Waals surface area contributed by atoms with E-state index in [1.165, 1.54) is 193 Å². The molecule has 0 aliphatic heterocycles. The number of unbranched alkanes of at least 4 members (excludes halogenated alkanes) is 40. The van der Waals surface area contributed by atoms with E-state index in [1.807, 2.05) is 0 Å². The second-order valence-electron chi connectivity index (χ2n) is 29.8. The van der Waals surface area contributed by atoms with Gasteiger partial charge in [-0.3, -0.25) is 37.3 Å². The summed E-state index contributed by atoms with van der Waals surface area (Å²) < 4.78 is 68.5. The molecular weight excluding hydrogens is 1270 g/mol. The van der Waals surface area contributed by atoms with Gasteiger partial charge >= 0.3 is 39.5 Å². The Morgan fingerprint density at radius 2 is 0.495 bits per heavy atom. The molecule has 0 radical (unpaired) electrons. The summed E-state index contributed by atoms with van der Waals surface area (Å²) in [6.45, 7) is 14.2. The minimum Gasteiger partial charge on any atom is -0.462 e. The highest BCUT2D eigenvalue weighted by molar-refractivity contribution is 7.47. The van der Waals surface area contributed by atoms with Gasteiger partial charge < -0.3 is 33.8 Å². The van der Waals surface area contributed by atoms with Crippen LogP contribution < -0.4 is 0 Å². The van der Waals surface area contributed by atoms with E-state index in [0.717, 1.165) is 114 Å². The fourth-order valence-electron chi connectivity index (χ4n) is 11.9. The smallest absolute Gasteiger partial charge is 0.462 e. The molecule has 4 unspecified atom stereocenters. The van der Waals surface area contributed by atoms with Crippen LogP contribution in [0.3, 0.4) is 0 Å². The van der Waals surface area contributed by atoms with E-state index in [9.17, 15) is 43.2 Å². The third-order valence-electron chi connectivity index (χ3n) is 18.4. The summed E-state index contributed by atoms with van der Waals surface area (Å²) in [5.74, 6) is 0.947. The molecule has 17 nitrogen and oxygen atoms in total. The van der Waals surface area contributed by atoms with Gasteiger partial charge in [-0.15, -0.1) is 0 Å². The van der Waals surface area contributed by atoms with Crippen LogP contribution in [0.4, 0.5) is 0 Å². The van der Waals surface area contributed by atoms with Gasteiger partial charge in [0.25, 0.3) is 0 Å². The number of phosphoric acid groups is 2. The number of rotatable bonds is 75. The summed E-state index contributed by atoms with van der Waals surface area (Å²) in [6, 6.07) is 0. The molecule has 19 heteroatoms. The van der Waals surface area contributed by atoms with Crippen molar-refractivity contribution in [3.63, 3.8) is 0 Å². The van der Waals surface area contributed by atoms with Crippen LogP contribution in [0, 0.1) is 23.7 Å².